The molecule has 1 aliphatic carbocycles. The average molecular weight is 685 g/mol. The van der Waals surface area contributed by atoms with Crippen molar-refractivity contribution in [3.8, 4) is 39.7 Å². The highest BCUT2D eigenvalue weighted by Gasteiger charge is 2.21. The molecule has 0 nitrogen and oxygen atoms in total. The van der Waals surface area contributed by atoms with Crippen LogP contribution in [0.2, 0.25) is 0 Å². The maximum absolute atomic E-state index is 2.46. The summed E-state index contributed by atoms with van der Waals surface area (Å²) in [5, 5.41) is 0. The smallest absolute Gasteiger partial charge is 0.0536 e. The summed E-state index contributed by atoms with van der Waals surface area (Å²) in [6.45, 7) is 8.98. The molecule has 0 aliphatic heterocycles. The van der Waals surface area contributed by atoms with Gasteiger partial charge in [-0.25, -0.2) is 0 Å². The molecule has 0 atom stereocenters. The van der Waals surface area contributed by atoms with Crippen LogP contribution in [0.25, 0.3) is 50.8 Å². The van der Waals surface area contributed by atoms with Gasteiger partial charge in [0, 0.05) is 59.2 Å². The minimum atomic E-state index is 1.03. The molecule has 1 aliphatic rings. The lowest BCUT2D eigenvalue weighted by molar-refractivity contribution is 0.670. The fraction of sp³-hybridized carbons (Fsp3) is 0.263. The molecule has 0 fully saturated rings. The van der Waals surface area contributed by atoms with E-state index >= 15 is 0 Å². The van der Waals surface area contributed by atoms with Crippen molar-refractivity contribution in [1.82, 2.24) is 0 Å². The quantitative estimate of drug-likeness (QED) is 0.119. The van der Waals surface area contributed by atoms with Crippen molar-refractivity contribution in [3.63, 3.8) is 0 Å². The number of unbranched alkanes of at least 4 members (excludes halogenated alkanes) is 3. The molecule has 7 rings (SSSR count). The van der Waals surface area contributed by atoms with E-state index in [-0.39, 0.29) is 0 Å². The van der Waals surface area contributed by atoms with E-state index in [1.54, 1.807) is 0 Å². The highest BCUT2D eigenvalue weighted by molar-refractivity contribution is 7.28. The fourth-order valence-electron chi connectivity index (χ4n) is 5.83. The van der Waals surface area contributed by atoms with E-state index in [0.717, 1.165) is 6.42 Å². The van der Waals surface area contributed by atoms with Crippen LogP contribution >= 0.6 is 68.0 Å². The van der Waals surface area contributed by atoms with Crippen LogP contribution in [0.3, 0.4) is 0 Å². The predicted molar refractivity (Wildman–Crippen MR) is 205 cm³/mol. The minimum Gasteiger partial charge on any atom is -0.141 e. The maximum Gasteiger partial charge on any atom is 0.0536 e. The number of aryl methyl sites for hydroxylation is 4. The van der Waals surface area contributed by atoms with Gasteiger partial charge in [-0.1, -0.05) is 38.3 Å². The summed E-state index contributed by atoms with van der Waals surface area (Å²) >= 11 is 11.6. The molecule has 0 saturated heterocycles. The van der Waals surface area contributed by atoms with Crippen LogP contribution in [-0.4, -0.2) is 0 Å². The zero-order chi connectivity index (χ0) is 30.2. The summed E-state index contributed by atoms with van der Waals surface area (Å²) in [5.74, 6) is 0. The topological polar surface area (TPSA) is 0 Å². The molecule has 224 valence electrons. The van der Waals surface area contributed by atoms with Crippen molar-refractivity contribution in [2.45, 2.75) is 66.2 Å². The predicted octanol–water partition coefficient (Wildman–Crippen LogP) is 14.6. The highest BCUT2D eigenvalue weighted by Crippen LogP contribution is 2.50. The second kappa shape index (κ2) is 13.2. The van der Waals surface area contributed by atoms with Crippen molar-refractivity contribution in [2.75, 3.05) is 0 Å². The van der Waals surface area contributed by atoms with Gasteiger partial charge in [0.05, 0.1) is 4.88 Å². The Morgan fingerprint density at radius 1 is 0.523 bits per heavy atom. The van der Waals surface area contributed by atoms with Gasteiger partial charge in [-0.2, -0.15) is 0 Å². The van der Waals surface area contributed by atoms with Crippen molar-refractivity contribution in [3.05, 3.63) is 103 Å². The third-order valence-corrected chi connectivity index (χ3v) is 15.3. The molecule has 0 amide bonds. The summed E-state index contributed by atoms with van der Waals surface area (Å²) in [6, 6.07) is 23.3. The summed E-state index contributed by atoms with van der Waals surface area (Å²) in [7, 11) is 0. The zero-order valence-electron chi connectivity index (χ0n) is 25.6. The van der Waals surface area contributed by atoms with Crippen LogP contribution in [-0.2, 0) is 6.42 Å². The lowest BCUT2D eigenvalue weighted by atomic mass is 10.0. The Balaban J connectivity index is 1.14. The SMILES string of the molecule is CCCCCCc1ccc(C2=CC=C(c3cc(-c4cc(-c5ccc(-c6ccc(C)s6)s5)c(-c5ccc(C)s5)s4)sc3C)C2)s1. The Hall–Kier alpha value is -2.32. The van der Waals surface area contributed by atoms with Crippen LogP contribution < -0.4 is 0 Å². The average Bonchev–Trinajstić information content (AvgIpc) is 3.84. The normalized spacial score (nSPS) is 13.2. The van der Waals surface area contributed by atoms with E-state index in [1.165, 1.54) is 113 Å². The lowest BCUT2D eigenvalue weighted by Gasteiger charge is -2.04. The van der Waals surface area contributed by atoms with Crippen molar-refractivity contribution < 1.29 is 0 Å². The van der Waals surface area contributed by atoms with Crippen LogP contribution in [0.1, 0.15) is 69.0 Å². The molecular weight excluding hydrogens is 649 g/mol. The molecule has 44 heavy (non-hydrogen) atoms. The molecule has 0 bridgehead atoms. The Labute approximate surface area is 285 Å². The first kappa shape index (κ1) is 30.3. The number of thiophene rings is 6. The van der Waals surface area contributed by atoms with E-state index in [2.05, 4.69) is 101 Å². The Kier molecular flexibility index (Phi) is 9.10. The Bertz CT molecular complexity index is 1970. The first-order valence-corrected chi connectivity index (χ1v) is 20.3. The maximum atomic E-state index is 2.46. The number of allylic oxidation sites excluding steroid dienone is 4. The van der Waals surface area contributed by atoms with Crippen LogP contribution in [0.15, 0.2) is 72.8 Å². The molecule has 0 unspecified atom stereocenters. The van der Waals surface area contributed by atoms with Gasteiger partial charge in [-0.15, -0.1) is 68.0 Å². The summed E-state index contributed by atoms with van der Waals surface area (Å²) in [6.07, 6.45) is 12.3. The molecule has 6 heteroatoms. The molecule has 6 heterocycles. The van der Waals surface area contributed by atoms with Gasteiger partial charge in [0.25, 0.3) is 0 Å². The Morgan fingerprint density at radius 2 is 1.18 bits per heavy atom. The molecule has 0 saturated carbocycles. The third-order valence-electron chi connectivity index (χ3n) is 8.18. The van der Waals surface area contributed by atoms with E-state index in [9.17, 15) is 0 Å². The van der Waals surface area contributed by atoms with Gasteiger partial charge in [-0.05, 0) is 117 Å². The van der Waals surface area contributed by atoms with Gasteiger partial charge in [0.15, 0.2) is 0 Å². The van der Waals surface area contributed by atoms with Gasteiger partial charge < -0.3 is 0 Å². The van der Waals surface area contributed by atoms with Gasteiger partial charge in [0.2, 0.25) is 0 Å². The van der Waals surface area contributed by atoms with Crippen LogP contribution in [0.5, 0.6) is 0 Å². The largest absolute Gasteiger partial charge is 0.141 e. The monoisotopic (exact) mass is 684 g/mol. The number of hydrogen-bond acceptors (Lipinski definition) is 6. The second-order valence-corrected chi connectivity index (χ2v) is 18.7. The van der Waals surface area contributed by atoms with Gasteiger partial charge in [0.1, 0.15) is 0 Å². The van der Waals surface area contributed by atoms with Crippen molar-refractivity contribution >= 4 is 79.2 Å². The molecule has 0 spiro atoms. The first-order chi connectivity index (χ1) is 21.4. The number of hydrogen-bond donors (Lipinski definition) is 0. The fourth-order valence-corrected chi connectivity index (χ4v) is 12.2. The number of rotatable bonds is 11. The van der Waals surface area contributed by atoms with E-state index in [4.69, 9.17) is 0 Å². The van der Waals surface area contributed by atoms with Crippen molar-refractivity contribution in [1.29, 1.82) is 0 Å². The second-order valence-electron chi connectivity index (χ2n) is 11.6. The van der Waals surface area contributed by atoms with E-state index in [0.29, 0.717) is 0 Å². The highest BCUT2D eigenvalue weighted by atomic mass is 32.1. The Morgan fingerprint density at radius 3 is 1.95 bits per heavy atom. The lowest BCUT2D eigenvalue weighted by Crippen LogP contribution is -1.83. The summed E-state index contributed by atoms with van der Waals surface area (Å²) < 4.78 is 0. The van der Waals surface area contributed by atoms with Crippen LogP contribution in [0.4, 0.5) is 0 Å². The molecule has 0 aromatic carbocycles. The first-order valence-electron chi connectivity index (χ1n) is 15.4. The summed E-state index contributed by atoms with van der Waals surface area (Å²) in [5.41, 5.74) is 5.72. The minimum absolute atomic E-state index is 1.03. The van der Waals surface area contributed by atoms with E-state index < -0.39 is 0 Å². The molecule has 0 N–H and O–H groups in total. The van der Waals surface area contributed by atoms with Crippen LogP contribution in [0, 0.1) is 20.8 Å². The third kappa shape index (κ3) is 6.35. The van der Waals surface area contributed by atoms with Gasteiger partial charge in [-0.3, -0.25) is 0 Å². The van der Waals surface area contributed by atoms with E-state index in [1.807, 2.05) is 68.0 Å². The molecule has 6 aromatic rings. The van der Waals surface area contributed by atoms with Crippen molar-refractivity contribution in [2.24, 2.45) is 0 Å². The molecule has 6 aromatic heterocycles. The van der Waals surface area contributed by atoms with Gasteiger partial charge >= 0.3 is 0 Å². The molecular formula is C38H36S6. The molecule has 0 radical (unpaired) electrons. The summed E-state index contributed by atoms with van der Waals surface area (Å²) in [4.78, 5) is 16.7. The zero-order valence-corrected chi connectivity index (χ0v) is 30.5. The standard InChI is InChI=1S/C38H36S6/c1-5-6-7-8-9-28-14-17-31(42-28)27-13-12-26(20-27)29-21-36(41-25(29)4)37-22-30(38(44-37)35-16-11-24(3)40-35)32-18-19-34(43-32)33-15-10-23(2)39-33/h10-19,21-22H,5-9,20H2,1-4H3.